The summed E-state index contributed by atoms with van der Waals surface area (Å²) in [6.45, 7) is 2.09. The summed E-state index contributed by atoms with van der Waals surface area (Å²) in [7, 11) is -3.77. The summed E-state index contributed by atoms with van der Waals surface area (Å²) in [5.74, 6) is 5.74. The van der Waals surface area contributed by atoms with Crippen LogP contribution in [0.1, 0.15) is 42.4 Å². The van der Waals surface area contributed by atoms with E-state index in [1.165, 1.54) is 4.31 Å². The molecule has 4 heteroatoms. The van der Waals surface area contributed by atoms with E-state index in [4.69, 9.17) is 6.42 Å². The molecule has 0 saturated carbocycles. The number of nitrogens with zero attached hydrogens (tertiary/aromatic N) is 1. The zero-order valence-electron chi connectivity index (χ0n) is 16.7. The van der Waals surface area contributed by atoms with Gasteiger partial charge in [0.25, 0.3) is 10.0 Å². The van der Waals surface area contributed by atoms with Crippen LogP contribution in [0.15, 0.2) is 65.1 Å². The molecule has 0 aliphatic heterocycles. The Morgan fingerprint density at radius 3 is 2.41 bits per heavy atom. The molecular weight excluding hydrogens is 378 g/mol. The molecule has 0 aromatic heterocycles. The van der Waals surface area contributed by atoms with Gasteiger partial charge >= 0.3 is 0 Å². The van der Waals surface area contributed by atoms with Crippen molar-refractivity contribution in [3.8, 4) is 24.3 Å². The number of sulfonamides is 1. The molecule has 0 fully saturated rings. The Kier molecular flexibility index (Phi) is 6.81. The minimum absolute atomic E-state index is 0.161. The highest BCUT2D eigenvalue weighted by Gasteiger charge is 2.23. The summed E-state index contributed by atoms with van der Waals surface area (Å²) in [6, 6.07) is 17.4. The van der Waals surface area contributed by atoms with E-state index in [-0.39, 0.29) is 11.4 Å². The average Bonchev–Trinajstić information content (AvgIpc) is 2.73. The second-order valence-corrected chi connectivity index (χ2v) is 9.05. The molecule has 1 aliphatic rings. The van der Waals surface area contributed by atoms with Gasteiger partial charge in [-0.3, -0.25) is 0 Å². The van der Waals surface area contributed by atoms with Crippen LogP contribution in [0.4, 0.5) is 0 Å². The molecule has 3 rings (SSSR count). The molecule has 0 amide bonds. The van der Waals surface area contributed by atoms with Crippen LogP contribution in [-0.2, 0) is 23.0 Å². The molecule has 0 radical (unpaired) electrons. The molecular formula is C25H25NO2S. The fourth-order valence-corrected chi connectivity index (χ4v) is 4.47. The topological polar surface area (TPSA) is 37.4 Å². The normalized spacial score (nSPS) is 13.6. The SMILES string of the molecule is C#CCc1ccccc1CN(C#CC1=CCCCC1)S(=O)(=O)c1ccc(C)cc1. The molecule has 0 bridgehead atoms. The standard InChI is InChI=1S/C25H25NO2S/c1-3-9-23-12-7-8-13-24(23)20-26(19-18-22-10-5-4-6-11-22)29(27,28)25-16-14-21(2)15-17-25/h1,7-8,10,12-17H,4-6,9,11,20H2,2H3. The number of rotatable bonds is 5. The summed E-state index contributed by atoms with van der Waals surface area (Å²) in [4.78, 5) is 0.240. The van der Waals surface area contributed by atoms with Crippen LogP contribution < -0.4 is 0 Å². The van der Waals surface area contributed by atoms with Gasteiger partial charge in [0.05, 0.1) is 11.4 Å². The van der Waals surface area contributed by atoms with E-state index < -0.39 is 10.0 Å². The third-order valence-electron chi connectivity index (χ3n) is 4.97. The lowest BCUT2D eigenvalue weighted by Gasteiger charge is -2.20. The van der Waals surface area contributed by atoms with Crippen LogP contribution in [0.3, 0.4) is 0 Å². The predicted octanol–water partition coefficient (Wildman–Crippen LogP) is 4.82. The minimum atomic E-state index is -3.77. The van der Waals surface area contributed by atoms with E-state index in [9.17, 15) is 8.42 Å². The Morgan fingerprint density at radius 1 is 1.03 bits per heavy atom. The largest absolute Gasteiger partial charge is 0.271 e. The van der Waals surface area contributed by atoms with Crippen molar-refractivity contribution >= 4 is 10.0 Å². The fourth-order valence-electron chi connectivity index (χ4n) is 3.26. The lowest BCUT2D eigenvalue weighted by atomic mass is 10.0. The van der Waals surface area contributed by atoms with E-state index in [2.05, 4.69) is 24.0 Å². The third kappa shape index (κ3) is 5.31. The zero-order chi connectivity index (χ0) is 20.7. The lowest BCUT2D eigenvalue weighted by molar-refractivity contribution is 0.507. The summed E-state index contributed by atoms with van der Waals surface area (Å²) >= 11 is 0. The van der Waals surface area contributed by atoms with Gasteiger partial charge < -0.3 is 0 Å². The molecule has 0 unspecified atom stereocenters. The Balaban J connectivity index is 2.00. The summed E-state index contributed by atoms with van der Waals surface area (Å²) in [6.07, 6.45) is 12.2. The first-order chi connectivity index (χ1) is 14.0. The zero-order valence-corrected chi connectivity index (χ0v) is 17.5. The van der Waals surface area contributed by atoms with E-state index in [1.54, 1.807) is 24.3 Å². The Morgan fingerprint density at radius 2 is 1.76 bits per heavy atom. The summed E-state index contributed by atoms with van der Waals surface area (Å²) in [5.41, 5.74) is 3.83. The lowest BCUT2D eigenvalue weighted by Crippen LogP contribution is -2.27. The summed E-state index contributed by atoms with van der Waals surface area (Å²) in [5, 5.41) is 0. The smallest absolute Gasteiger partial charge is 0.220 e. The second-order valence-electron chi connectivity index (χ2n) is 7.19. The number of benzene rings is 2. The first kappa shape index (κ1) is 20.8. The van der Waals surface area contributed by atoms with Crippen LogP contribution in [-0.4, -0.2) is 12.7 Å². The minimum Gasteiger partial charge on any atom is -0.220 e. The van der Waals surface area contributed by atoms with Crippen LogP contribution in [0.5, 0.6) is 0 Å². The Labute approximate surface area is 174 Å². The number of terminal acetylenes is 1. The summed E-state index contributed by atoms with van der Waals surface area (Å²) < 4.78 is 28.0. The van der Waals surface area contributed by atoms with Crippen LogP contribution >= 0.6 is 0 Å². The monoisotopic (exact) mass is 403 g/mol. The number of aryl methyl sites for hydroxylation is 1. The van der Waals surface area contributed by atoms with Crippen molar-refractivity contribution in [3.63, 3.8) is 0 Å². The van der Waals surface area contributed by atoms with Gasteiger partial charge in [-0.25, -0.2) is 12.7 Å². The first-order valence-corrected chi connectivity index (χ1v) is 11.2. The van der Waals surface area contributed by atoms with Gasteiger partial charge in [-0.2, -0.15) is 0 Å². The van der Waals surface area contributed by atoms with Crippen molar-refractivity contribution in [2.75, 3.05) is 0 Å². The fraction of sp³-hybridized carbons (Fsp3) is 0.280. The van der Waals surface area contributed by atoms with Crippen LogP contribution in [0.25, 0.3) is 0 Å². The molecule has 2 aromatic rings. The number of hydrogen-bond acceptors (Lipinski definition) is 2. The van der Waals surface area contributed by atoms with Crippen molar-refractivity contribution in [2.45, 2.75) is 50.5 Å². The van der Waals surface area contributed by atoms with Crippen LogP contribution in [0.2, 0.25) is 0 Å². The van der Waals surface area contributed by atoms with Gasteiger partial charge in [0.1, 0.15) is 0 Å². The first-order valence-electron chi connectivity index (χ1n) is 9.81. The van der Waals surface area contributed by atoms with Gasteiger partial charge in [-0.15, -0.1) is 12.3 Å². The van der Waals surface area contributed by atoms with E-state index in [0.717, 1.165) is 47.9 Å². The molecule has 0 saturated heterocycles. The quantitative estimate of drug-likeness (QED) is 0.530. The van der Waals surface area contributed by atoms with E-state index >= 15 is 0 Å². The molecule has 0 spiro atoms. The van der Waals surface area contributed by atoms with Gasteiger partial charge in [-0.1, -0.05) is 48.0 Å². The highest BCUT2D eigenvalue weighted by atomic mass is 32.2. The number of allylic oxidation sites excluding steroid dienone is 2. The molecule has 3 nitrogen and oxygen atoms in total. The molecule has 1 aliphatic carbocycles. The average molecular weight is 404 g/mol. The van der Waals surface area contributed by atoms with Gasteiger partial charge in [0.15, 0.2) is 0 Å². The van der Waals surface area contributed by atoms with Crippen molar-refractivity contribution in [1.29, 1.82) is 0 Å². The number of hydrogen-bond donors (Lipinski definition) is 0. The maximum Gasteiger partial charge on any atom is 0.271 e. The van der Waals surface area contributed by atoms with Gasteiger partial charge in [0, 0.05) is 12.5 Å². The van der Waals surface area contributed by atoms with Crippen molar-refractivity contribution in [2.24, 2.45) is 0 Å². The maximum atomic E-state index is 13.4. The van der Waals surface area contributed by atoms with Gasteiger partial charge in [0.2, 0.25) is 0 Å². The molecule has 0 atom stereocenters. The molecule has 148 valence electrons. The van der Waals surface area contributed by atoms with Gasteiger partial charge in [-0.05, 0) is 67.4 Å². The van der Waals surface area contributed by atoms with Crippen molar-refractivity contribution < 1.29 is 8.42 Å². The molecule has 0 N–H and O–H groups in total. The Hall–Kier alpha value is -2.95. The second kappa shape index (κ2) is 9.50. The molecule has 29 heavy (non-hydrogen) atoms. The highest BCUT2D eigenvalue weighted by molar-refractivity contribution is 7.89. The van der Waals surface area contributed by atoms with E-state index in [1.807, 2.05) is 31.2 Å². The van der Waals surface area contributed by atoms with Crippen molar-refractivity contribution in [3.05, 3.63) is 76.9 Å². The predicted molar refractivity (Wildman–Crippen MR) is 117 cm³/mol. The third-order valence-corrected chi connectivity index (χ3v) is 6.63. The Bertz CT molecular complexity index is 1090. The molecule has 0 heterocycles. The highest BCUT2D eigenvalue weighted by Crippen LogP contribution is 2.21. The van der Waals surface area contributed by atoms with E-state index in [0.29, 0.717) is 6.42 Å². The molecule has 2 aromatic carbocycles. The van der Waals surface area contributed by atoms with Crippen molar-refractivity contribution in [1.82, 2.24) is 4.31 Å². The maximum absolute atomic E-state index is 13.4. The van der Waals surface area contributed by atoms with Crippen LogP contribution in [0, 0.1) is 31.2 Å².